The Hall–Kier alpha value is -4.24. The van der Waals surface area contributed by atoms with Crippen LogP contribution in [0.2, 0.25) is 0 Å². The molecule has 0 unspecified atom stereocenters. The van der Waals surface area contributed by atoms with Crippen molar-refractivity contribution in [2.75, 3.05) is 5.32 Å². The summed E-state index contributed by atoms with van der Waals surface area (Å²) < 4.78 is 1.13. The van der Waals surface area contributed by atoms with Crippen molar-refractivity contribution in [1.82, 2.24) is 9.78 Å². The van der Waals surface area contributed by atoms with Crippen LogP contribution in [-0.4, -0.2) is 15.7 Å². The summed E-state index contributed by atoms with van der Waals surface area (Å²) in [6, 6.07) is 25.6. The Balaban J connectivity index is 1.65. The van der Waals surface area contributed by atoms with E-state index in [0.717, 1.165) is 21.0 Å². The molecule has 0 radical (unpaired) electrons. The van der Waals surface area contributed by atoms with Crippen LogP contribution in [-0.2, 0) is 11.3 Å². The highest BCUT2D eigenvalue weighted by Crippen LogP contribution is 2.26. The lowest BCUT2D eigenvalue weighted by molar-refractivity contribution is -0.117. The predicted molar refractivity (Wildman–Crippen MR) is 111 cm³/mol. The lowest BCUT2D eigenvalue weighted by Gasteiger charge is -2.10. The Bertz CT molecular complexity index is 1310. The van der Waals surface area contributed by atoms with Gasteiger partial charge in [0.15, 0.2) is 0 Å². The minimum absolute atomic E-state index is 0.253. The molecular formula is C23H16N4O2. The first-order valence-electron chi connectivity index (χ1n) is 9.01. The van der Waals surface area contributed by atoms with Crippen LogP contribution in [0.15, 0.2) is 83.7 Å². The van der Waals surface area contributed by atoms with E-state index in [4.69, 9.17) is 5.26 Å². The van der Waals surface area contributed by atoms with E-state index in [0.29, 0.717) is 16.9 Å². The molecule has 0 aliphatic carbocycles. The number of nitrogens with one attached hydrogen (secondary N) is 1. The Labute approximate surface area is 166 Å². The van der Waals surface area contributed by atoms with Gasteiger partial charge in [-0.25, -0.2) is 4.68 Å². The summed E-state index contributed by atoms with van der Waals surface area (Å²) in [7, 11) is 0. The molecule has 1 amide bonds. The Kier molecular flexibility index (Phi) is 4.87. The van der Waals surface area contributed by atoms with Crippen molar-refractivity contribution in [2.24, 2.45) is 0 Å². The molecule has 6 heteroatoms. The molecule has 6 nitrogen and oxygen atoms in total. The van der Waals surface area contributed by atoms with Crippen molar-refractivity contribution in [3.8, 4) is 17.3 Å². The van der Waals surface area contributed by atoms with Crippen LogP contribution in [0.5, 0.6) is 0 Å². The Morgan fingerprint density at radius 3 is 2.59 bits per heavy atom. The van der Waals surface area contributed by atoms with Crippen LogP contribution in [0, 0.1) is 11.3 Å². The second-order valence-electron chi connectivity index (χ2n) is 6.45. The Morgan fingerprint density at radius 1 is 0.966 bits per heavy atom. The van der Waals surface area contributed by atoms with Gasteiger partial charge in [0.1, 0.15) is 12.6 Å². The zero-order chi connectivity index (χ0) is 20.2. The van der Waals surface area contributed by atoms with E-state index in [1.165, 1.54) is 6.07 Å². The minimum Gasteiger partial charge on any atom is -0.323 e. The maximum absolute atomic E-state index is 12.4. The molecule has 0 aliphatic heterocycles. The standard InChI is InChI=1S/C23H16N4O2/c24-14-17-7-2-4-11-20(17)25-22(28)15-27-23(29)13-12-21(26-27)19-10-5-8-16-6-1-3-9-18(16)19/h1-13H,15H2,(H,25,28). The molecular weight excluding hydrogens is 364 g/mol. The smallest absolute Gasteiger partial charge is 0.267 e. The second kappa shape index (κ2) is 7.79. The van der Waals surface area contributed by atoms with E-state index in [1.54, 1.807) is 30.3 Å². The maximum atomic E-state index is 12.4. The summed E-state index contributed by atoms with van der Waals surface area (Å²) in [5, 5.41) is 18.3. The number of fused-ring (bicyclic) bond motifs is 1. The molecule has 4 aromatic rings. The van der Waals surface area contributed by atoms with Gasteiger partial charge in [0, 0.05) is 11.6 Å². The van der Waals surface area contributed by atoms with Crippen LogP contribution >= 0.6 is 0 Å². The molecule has 4 rings (SSSR count). The van der Waals surface area contributed by atoms with E-state index >= 15 is 0 Å². The third-order valence-corrected chi connectivity index (χ3v) is 4.55. The molecule has 1 heterocycles. The zero-order valence-electron chi connectivity index (χ0n) is 15.4. The number of hydrogen-bond donors (Lipinski definition) is 1. The van der Waals surface area contributed by atoms with E-state index in [1.807, 2.05) is 48.5 Å². The fourth-order valence-electron chi connectivity index (χ4n) is 3.17. The first kappa shape index (κ1) is 18.1. The SMILES string of the molecule is N#Cc1ccccc1NC(=O)Cn1nc(-c2cccc3ccccc23)ccc1=O. The average molecular weight is 380 g/mol. The molecule has 0 atom stereocenters. The van der Waals surface area contributed by atoms with Gasteiger partial charge in [-0.05, 0) is 29.0 Å². The number of nitriles is 1. The third kappa shape index (κ3) is 3.75. The van der Waals surface area contributed by atoms with Gasteiger partial charge in [0.2, 0.25) is 5.91 Å². The van der Waals surface area contributed by atoms with E-state index in [-0.39, 0.29) is 12.1 Å². The number of para-hydroxylation sites is 1. The lowest BCUT2D eigenvalue weighted by Crippen LogP contribution is -2.29. The van der Waals surface area contributed by atoms with Crippen molar-refractivity contribution in [3.63, 3.8) is 0 Å². The molecule has 0 aliphatic rings. The topological polar surface area (TPSA) is 87.8 Å². The van der Waals surface area contributed by atoms with Crippen molar-refractivity contribution >= 4 is 22.4 Å². The predicted octanol–water partition coefficient (Wildman–Crippen LogP) is 3.57. The van der Waals surface area contributed by atoms with Gasteiger partial charge in [-0.15, -0.1) is 0 Å². The van der Waals surface area contributed by atoms with E-state index in [9.17, 15) is 9.59 Å². The monoisotopic (exact) mass is 380 g/mol. The van der Waals surface area contributed by atoms with Gasteiger partial charge in [-0.1, -0.05) is 54.6 Å². The quantitative estimate of drug-likeness (QED) is 0.586. The van der Waals surface area contributed by atoms with Crippen LogP contribution in [0.25, 0.3) is 22.0 Å². The number of aromatic nitrogens is 2. The van der Waals surface area contributed by atoms with Crippen molar-refractivity contribution in [2.45, 2.75) is 6.54 Å². The zero-order valence-corrected chi connectivity index (χ0v) is 15.4. The second-order valence-corrected chi connectivity index (χ2v) is 6.45. The van der Waals surface area contributed by atoms with Crippen molar-refractivity contribution < 1.29 is 4.79 Å². The summed E-state index contributed by atoms with van der Waals surface area (Å²) in [4.78, 5) is 24.7. The molecule has 3 aromatic carbocycles. The van der Waals surface area contributed by atoms with Gasteiger partial charge >= 0.3 is 0 Å². The summed E-state index contributed by atoms with van der Waals surface area (Å²) >= 11 is 0. The highest BCUT2D eigenvalue weighted by molar-refractivity contribution is 5.95. The largest absolute Gasteiger partial charge is 0.323 e. The number of anilines is 1. The fourth-order valence-corrected chi connectivity index (χ4v) is 3.17. The van der Waals surface area contributed by atoms with E-state index in [2.05, 4.69) is 10.4 Å². The normalized spacial score (nSPS) is 10.4. The minimum atomic E-state index is -0.433. The molecule has 0 saturated heterocycles. The van der Waals surface area contributed by atoms with Crippen LogP contribution in [0.1, 0.15) is 5.56 Å². The van der Waals surface area contributed by atoms with Gasteiger partial charge in [0.25, 0.3) is 5.56 Å². The van der Waals surface area contributed by atoms with Crippen molar-refractivity contribution in [3.05, 3.63) is 94.8 Å². The van der Waals surface area contributed by atoms with Gasteiger partial charge in [-0.3, -0.25) is 9.59 Å². The van der Waals surface area contributed by atoms with Gasteiger partial charge in [0.05, 0.1) is 16.9 Å². The number of benzene rings is 3. The van der Waals surface area contributed by atoms with Gasteiger partial charge < -0.3 is 5.32 Å². The van der Waals surface area contributed by atoms with Crippen molar-refractivity contribution in [1.29, 1.82) is 5.26 Å². The lowest BCUT2D eigenvalue weighted by atomic mass is 10.0. The number of amides is 1. The highest BCUT2D eigenvalue weighted by Gasteiger charge is 2.11. The molecule has 140 valence electrons. The first-order valence-corrected chi connectivity index (χ1v) is 9.01. The molecule has 0 bridgehead atoms. The molecule has 1 N–H and O–H groups in total. The number of carbonyl (C=O) groups is 1. The molecule has 0 fully saturated rings. The van der Waals surface area contributed by atoms with Crippen LogP contribution < -0.4 is 10.9 Å². The molecule has 0 spiro atoms. The molecule has 0 saturated carbocycles. The Morgan fingerprint density at radius 2 is 1.72 bits per heavy atom. The average Bonchev–Trinajstić information content (AvgIpc) is 2.75. The van der Waals surface area contributed by atoms with E-state index < -0.39 is 5.91 Å². The summed E-state index contributed by atoms with van der Waals surface area (Å²) in [5.74, 6) is -0.433. The summed E-state index contributed by atoms with van der Waals surface area (Å²) in [5.41, 5.74) is 1.86. The van der Waals surface area contributed by atoms with Crippen LogP contribution in [0.4, 0.5) is 5.69 Å². The number of carbonyl (C=O) groups excluding carboxylic acids is 1. The number of hydrogen-bond acceptors (Lipinski definition) is 4. The van der Waals surface area contributed by atoms with Crippen LogP contribution in [0.3, 0.4) is 0 Å². The van der Waals surface area contributed by atoms with Gasteiger partial charge in [-0.2, -0.15) is 10.4 Å². The number of rotatable bonds is 4. The molecule has 1 aromatic heterocycles. The number of nitrogens with zero attached hydrogens (tertiary/aromatic N) is 3. The summed E-state index contributed by atoms with van der Waals surface area (Å²) in [6.45, 7) is -0.253. The third-order valence-electron chi connectivity index (χ3n) is 4.55. The maximum Gasteiger partial charge on any atom is 0.267 e. The first-order chi connectivity index (χ1) is 14.2. The highest BCUT2D eigenvalue weighted by atomic mass is 16.2. The summed E-state index contributed by atoms with van der Waals surface area (Å²) in [6.07, 6.45) is 0. The molecule has 29 heavy (non-hydrogen) atoms. The fraction of sp³-hybridized carbons (Fsp3) is 0.0435.